The lowest BCUT2D eigenvalue weighted by atomic mass is 10.00. The number of methoxy groups -OCH3 is 1. The summed E-state index contributed by atoms with van der Waals surface area (Å²) in [6.45, 7) is 1.76. The first kappa shape index (κ1) is 11.4. The molecule has 0 radical (unpaired) electrons. The third-order valence-electron chi connectivity index (χ3n) is 2.26. The van der Waals surface area contributed by atoms with Crippen LogP contribution >= 0.6 is 0 Å². The van der Waals surface area contributed by atoms with E-state index in [9.17, 15) is 9.90 Å². The molecule has 82 valence electrons. The Hall–Kier alpha value is -1.71. The van der Waals surface area contributed by atoms with Gasteiger partial charge < -0.3 is 15.6 Å². The number of phenolic OH excluding ortho intramolecular Hbond substituents is 1. The van der Waals surface area contributed by atoms with Gasteiger partial charge in [-0.25, -0.2) is 0 Å². The molecule has 0 saturated heterocycles. The van der Waals surface area contributed by atoms with E-state index in [0.29, 0.717) is 12.1 Å². The Kier molecular flexibility index (Phi) is 3.55. The van der Waals surface area contributed by atoms with Crippen molar-refractivity contribution in [3.05, 3.63) is 23.8 Å². The molecule has 0 amide bonds. The van der Waals surface area contributed by atoms with Gasteiger partial charge in [0.05, 0.1) is 13.0 Å². The number of rotatable bonds is 3. The van der Waals surface area contributed by atoms with E-state index >= 15 is 0 Å². The van der Waals surface area contributed by atoms with Crippen LogP contribution in [0.1, 0.15) is 12.5 Å². The minimum Gasteiger partial charge on any atom is -0.508 e. The molecule has 3 N–H and O–H groups in total. The van der Waals surface area contributed by atoms with Crippen LogP contribution < -0.4 is 5.73 Å². The van der Waals surface area contributed by atoms with Gasteiger partial charge in [0.15, 0.2) is 0 Å². The molecular weight excluding hydrogens is 194 g/mol. The third kappa shape index (κ3) is 2.87. The van der Waals surface area contributed by atoms with E-state index in [1.54, 1.807) is 19.1 Å². The maximum absolute atomic E-state index is 11.2. The van der Waals surface area contributed by atoms with Crippen LogP contribution in [-0.2, 0) is 16.0 Å². The fourth-order valence-corrected chi connectivity index (χ4v) is 1.38. The van der Waals surface area contributed by atoms with E-state index in [0.717, 1.165) is 5.56 Å². The van der Waals surface area contributed by atoms with Gasteiger partial charge in [-0.05, 0) is 30.2 Å². The van der Waals surface area contributed by atoms with Crippen LogP contribution in [0.15, 0.2) is 18.2 Å². The van der Waals surface area contributed by atoms with E-state index in [4.69, 9.17) is 5.73 Å². The smallest absolute Gasteiger partial charge is 0.308 e. The van der Waals surface area contributed by atoms with E-state index in [2.05, 4.69) is 4.74 Å². The molecule has 15 heavy (non-hydrogen) atoms. The van der Waals surface area contributed by atoms with Gasteiger partial charge >= 0.3 is 5.97 Å². The Bertz CT molecular complexity index is 363. The molecule has 1 unspecified atom stereocenters. The number of aromatic hydroxyl groups is 1. The van der Waals surface area contributed by atoms with E-state index in [1.165, 1.54) is 13.2 Å². The topological polar surface area (TPSA) is 72.5 Å². The second kappa shape index (κ2) is 4.68. The molecule has 1 rings (SSSR count). The van der Waals surface area contributed by atoms with Crippen molar-refractivity contribution >= 4 is 11.7 Å². The Morgan fingerprint density at radius 2 is 2.27 bits per heavy atom. The van der Waals surface area contributed by atoms with Crippen molar-refractivity contribution in [3.63, 3.8) is 0 Å². The van der Waals surface area contributed by atoms with Crippen LogP contribution in [0.25, 0.3) is 0 Å². The molecule has 0 aromatic heterocycles. The number of phenols is 1. The molecule has 1 atom stereocenters. The molecular formula is C11H15NO3. The summed E-state index contributed by atoms with van der Waals surface area (Å²) in [6.07, 6.45) is 0.465. The zero-order valence-corrected chi connectivity index (χ0v) is 8.86. The predicted octanol–water partition coefficient (Wildman–Crippen LogP) is 1.33. The Balaban J connectivity index is 2.80. The molecule has 0 aliphatic heterocycles. The van der Waals surface area contributed by atoms with Crippen LogP contribution in [0, 0.1) is 5.92 Å². The summed E-state index contributed by atoms with van der Waals surface area (Å²) in [5.74, 6) is -0.395. The van der Waals surface area contributed by atoms with Crippen molar-refractivity contribution in [1.82, 2.24) is 0 Å². The van der Waals surface area contributed by atoms with E-state index < -0.39 is 0 Å². The fraction of sp³-hybridized carbons (Fsp3) is 0.364. The maximum atomic E-state index is 11.2. The first-order valence-corrected chi connectivity index (χ1v) is 4.69. The van der Waals surface area contributed by atoms with Gasteiger partial charge in [-0.3, -0.25) is 4.79 Å². The Morgan fingerprint density at radius 1 is 1.60 bits per heavy atom. The lowest BCUT2D eigenvalue weighted by molar-refractivity contribution is -0.144. The summed E-state index contributed by atoms with van der Waals surface area (Å²) in [7, 11) is 1.35. The molecule has 1 aromatic carbocycles. The number of nitrogens with two attached hydrogens (primary N) is 1. The van der Waals surface area contributed by atoms with E-state index in [1.807, 2.05) is 0 Å². The summed E-state index contributed by atoms with van der Waals surface area (Å²) in [4.78, 5) is 11.2. The first-order valence-electron chi connectivity index (χ1n) is 4.69. The van der Waals surface area contributed by atoms with Crippen molar-refractivity contribution in [2.75, 3.05) is 12.8 Å². The Labute approximate surface area is 88.7 Å². The molecule has 0 saturated carbocycles. The highest BCUT2D eigenvalue weighted by Crippen LogP contribution is 2.21. The van der Waals surface area contributed by atoms with Crippen molar-refractivity contribution in [2.24, 2.45) is 5.92 Å². The summed E-state index contributed by atoms with van der Waals surface area (Å²) >= 11 is 0. The monoisotopic (exact) mass is 209 g/mol. The van der Waals surface area contributed by atoms with Crippen molar-refractivity contribution < 1.29 is 14.6 Å². The Morgan fingerprint density at radius 3 is 2.87 bits per heavy atom. The highest BCUT2D eigenvalue weighted by atomic mass is 16.5. The van der Waals surface area contributed by atoms with Gasteiger partial charge in [0.25, 0.3) is 0 Å². The molecule has 0 aliphatic carbocycles. The van der Waals surface area contributed by atoms with Crippen LogP contribution in [-0.4, -0.2) is 18.2 Å². The second-order valence-electron chi connectivity index (χ2n) is 3.51. The largest absolute Gasteiger partial charge is 0.508 e. The summed E-state index contributed by atoms with van der Waals surface area (Å²) in [6, 6.07) is 4.70. The number of hydrogen-bond donors (Lipinski definition) is 2. The van der Waals surface area contributed by atoms with Gasteiger partial charge in [0, 0.05) is 5.69 Å². The van der Waals surface area contributed by atoms with Crippen LogP contribution in [0.3, 0.4) is 0 Å². The minimum atomic E-state index is -0.280. The van der Waals surface area contributed by atoms with Gasteiger partial charge in [0.1, 0.15) is 5.75 Å². The first-order chi connectivity index (χ1) is 7.04. The van der Waals surface area contributed by atoms with E-state index in [-0.39, 0.29) is 17.6 Å². The average molecular weight is 209 g/mol. The highest BCUT2D eigenvalue weighted by molar-refractivity contribution is 5.72. The fourth-order valence-electron chi connectivity index (χ4n) is 1.38. The third-order valence-corrected chi connectivity index (χ3v) is 2.26. The SMILES string of the molecule is COC(=O)C(C)Cc1cc(O)ccc1N. The summed E-state index contributed by atoms with van der Waals surface area (Å²) in [5, 5.41) is 9.27. The zero-order chi connectivity index (χ0) is 11.4. The molecule has 0 bridgehead atoms. The number of carbonyl (C=O) groups is 1. The van der Waals surface area contributed by atoms with Crippen molar-refractivity contribution in [1.29, 1.82) is 0 Å². The van der Waals surface area contributed by atoms with Crippen LogP contribution in [0.5, 0.6) is 5.75 Å². The van der Waals surface area contributed by atoms with Crippen molar-refractivity contribution in [3.8, 4) is 5.75 Å². The maximum Gasteiger partial charge on any atom is 0.308 e. The summed E-state index contributed by atoms with van der Waals surface area (Å²) in [5.41, 5.74) is 7.05. The number of benzene rings is 1. The average Bonchev–Trinajstić information content (AvgIpc) is 2.22. The quantitative estimate of drug-likeness (QED) is 0.447. The molecule has 0 heterocycles. The molecule has 0 aliphatic rings. The standard InChI is InChI=1S/C11H15NO3/c1-7(11(14)15-2)5-8-6-9(13)3-4-10(8)12/h3-4,6-7,13H,5,12H2,1-2H3. The lowest BCUT2D eigenvalue weighted by Crippen LogP contribution is -2.15. The number of hydrogen-bond acceptors (Lipinski definition) is 4. The number of esters is 1. The molecule has 1 aromatic rings. The second-order valence-corrected chi connectivity index (χ2v) is 3.51. The number of ether oxygens (including phenoxy) is 1. The lowest BCUT2D eigenvalue weighted by Gasteiger charge is -2.11. The molecule has 0 spiro atoms. The number of carbonyl (C=O) groups excluding carboxylic acids is 1. The van der Waals surface area contributed by atoms with Crippen molar-refractivity contribution in [2.45, 2.75) is 13.3 Å². The summed E-state index contributed by atoms with van der Waals surface area (Å²) < 4.78 is 4.61. The zero-order valence-electron chi connectivity index (χ0n) is 8.86. The normalized spacial score (nSPS) is 12.1. The molecule has 4 nitrogen and oxygen atoms in total. The highest BCUT2D eigenvalue weighted by Gasteiger charge is 2.15. The number of nitrogen functional groups attached to an aromatic ring is 1. The molecule has 4 heteroatoms. The van der Waals surface area contributed by atoms with Gasteiger partial charge in [-0.1, -0.05) is 6.92 Å². The van der Waals surface area contributed by atoms with Crippen LogP contribution in [0.4, 0.5) is 5.69 Å². The van der Waals surface area contributed by atoms with Gasteiger partial charge in [-0.2, -0.15) is 0 Å². The predicted molar refractivity (Wildman–Crippen MR) is 57.4 cm³/mol. The minimum absolute atomic E-state index is 0.149. The van der Waals surface area contributed by atoms with Gasteiger partial charge in [-0.15, -0.1) is 0 Å². The van der Waals surface area contributed by atoms with Crippen LogP contribution in [0.2, 0.25) is 0 Å². The number of anilines is 1. The van der Waals surface area contributed by atoms with Gasteiger partial charge in [0.2, 0.25) is 0 Å². The molecule has 0 fully saturated rings.